The van der Waals surface area contributed by atoms with Crippen LogP contribution >= 0.6 is 0 Å². The SMILES string of the molecule is Cc1cnc2c(c1)[nH]c1cc(OCC[18F])ccc12. The summed E-state index contributed by atoms with van der Waals surface area (Å²) >= 11 is 0. The Balaban J connectivity index is 2.14. The molecule has 2 aromatic heterocycles. The maximum atomic E-state index is 12.1. The van der Waals surface area contributed by atoms with E-state index in [-0.39, 0.29) is 6.61 Å². The molecule has 0 saturated heterocycles. The first-order valence-electron chi connectivity index (χ1n) is 5.85. The highest BCUT2D eigenvalue weighted by atomic mass is 18.2. The van der Waals surface area contributed by atoms with E-state index in [1.54, 1.807) is 0 Å². The Morgan fingerprint density at radius 1 is 1.28 bits per heavy atom. The number of rotatable bonds is 3. The highest BCUT2D eigenvalue weighted by Gasteiger charge is 2.06. The van der Waals surface area contributed by atoms with Gasteiger partial charge >= 0.3 is 0 Å². The number of benzene rings is 1. The molecule has 1 aromatic carbocycles. The summed E-state index contributed by atoms with van der Waals surface area (Å²) in [6.45, 7) is 1.61. The highest BCUT2D eigenvalue weighted by molar-refractivity contribution is 6.05. The number of hydrogen-bond acceptors (Lipinski definition) is 2. The number of nitrogens with zero attached hydrogens (tertiary/aromatic N) is 1. The quantitative estimate of drug-likeness (QED) is 0.765. The van der Waals surface area contributed by atoms with Crippen molar-refractivity contribution in [2.75, 3.05) is 13.3 Å². The van der Waals surface area contributed by atoms with Crippen LogP contribution in [0.3, 0.4) is 0 Å². The van der Waals surface area contributed by atoms with E-state index < -0.39 is 6.67 Å². The van der Waals surface area contributed by atoms with Crippen LogP contribution < -0.4 is 4.74 Å². The summed E-state index contributed by atoms with van der Waals surface area (Å²) in [7, 11) is 0. The minimum absolute atomic E-state index is 0.0864. The lowest BCUT2D eigenvalue weighted by molar-refractivity contribution is 0.273. The van der Waals surface area contributed by atoms with Gasteiger partial charge in [-0.3, -0.25) is 4.98 Å². The average molecular weight is 243 g/mol. The van der Waals surface area contributed by atoms with E-state index >= 15 is 0 Å². The number of fused-ring (bicyclic) bond motifs is 3. The van der Waals surface area contributed by atoms with Crippen molar-refractivity contribution in [2.45, 2.75) is 6.92 Å². The molecule has 18 heavy (non-hydrogen) atoms. The van der Waals surface area contributed by atoms with Gasteiger partial charge in [-0.1, -0.05) is 0 Å². The summed E-state index contributed by atoms with van der Waals surface area (Å²) in [5.41, 5.74) is 4.03. The molecule has 0 spiro atoms. The molecule has 0 atom stereocenters. The molecule has 0 bridgehead atoms. The van der Waals surface area contributed by atoms with Crippen molar-refractivity contribution in [3.63, 3.8) is 0 Å². The van der Waals surface area contributed by atoms with Crippen molar-refractivity contribution in [3.05, 3.63) is 36.0 Å². The van der Waals surface area contributed by atoms with Gasteiger partial charge in [0.2, 0.25) is 0 Å². The van der Waals surface area contributed by atoms with E-state index in [2.05, 4.69) is 16.0 Å². The number of halogens is 1. The van der Waals surface area contributed by atoms with E-state index in [9.17, 15) is 4.39 Å². The van der Waals surface area contributed by atoms with Crippen LogP contribution in [0.5, 0.6) is 5.75 Å². The molecular weight excluding hydrogens is 230 g/mol. The Hall–Kier alpha value is -2.10. The standard InChI is InChI=1S/C14H13FN2O/c1-9-6-13-14(16-8-9)11-3-2-10(18-5-4-15)7-12(11)17-13/h2-3,6-8,17H,4-5H2,1H3/i15-1. The Bertz CT molecular complexity index is 705. The molecule has 0 unspecified atom stereocenters. The monoisotopic (exact) mass is 243 g/mol. The molecule has 92 valence electrons. The molecule has 0 fully saturated rings. The molecule has 3 rings (SSSR count). The molecule has 0 aliphatic carbocycles. The van der Waals surface area contributed by atoms with Gasteiger partial charge in [-0.05, 0) is 30.7 Å². The predicted molar refractivity (Wildman–Crippen MR) is 69.8 cm³/mol. The molecule has 3 nitrogen and oxygen atoms in total. The van der Waals surface area contributed by atoms with Crippen LogP contribution in [0.25, 0.3) is 21.9 Å². The maximum Gasteiger partial charge on any atom is 0.123 e. The van der Waals surface area contributed by atoms with Crippen LogP contribution in [0.15, 0.2) is 30.5 Å². The summed E-state index contributed by atoms with van der Waals surface area (Å²) in [5, 5.41) is 1.05. The summed E-state index contributed by atoms with van der Waals surface area (Å²) in [4.78, 5) is 7.73. The van der Waals surface area contributed by atoms with Crippen LogP contribution in [0.1, 0.15) is 5.56 Å². The van der Waals surface area contributed by atoms with Gasteiger partial charge in [-0.15, -0.1) is 0 Å². The van der Waals surface area contributed by atoms with E-state index in [1.807, 2.05) is 31.3 Å². The number of nitrogens with one attached hydrogen (secondary N) is 1. The number of aryl methyl sites for hydroxylation is 1. The second kappa shape index (κ2) is 4.29. The molecule has 0 amide bonds. The minimum Gasteiger partial charge on any atom is -0.491 e. The fourth-order valence-electron chi connectivity index (χ4n) is 2.10. The third-order valence-corrected chi connectivity index (χ3v) is 2.89. The Kier molecular flexibility index (Phi) is 2.63. The molecule has 0 saturated carbocycles. The number of aromatic nitrogens is 2. The van der Waals surface area contributed by atoms with Crippen molar-refractivity contribution in [1.82, 2.24) is 9.97 Å². The number of alkyl halides is 1. The first-order chi connectivity index (χ1) is 8.78. The lowest BCUT2D eigenvalue weighted by atomic mass is 10.2. The molecule has 1 N–H and O–H groups in total. The topological polar surface area (TPSA) is 37.9 Å². The molecular formula is C14H13FN2O. The Morgan fingerprint density at radius 2 is 2.17 bits per heavy atom. The minimum atomic E-state index is -0.481. The van der Waals surface area contributed by atoms with Crippen LogP contribution in [0, 0.1) is 6.92 Å². The summed E-state index contributed by atoms with van der Waals surface area (Å²) in [5.74, 6) is 0.670. The summed E-state index contributed by atoms with van der Waals surface area (Å²) < 4.78 is 17.3. The van der Waals surface area contributed by atoms with Crippen molar-refractivity contribution in [1.29, 1.82) is 0 Å². The van der Waals surface area contributed by atoms with Crippen molar-refractivity contribution < 1.29 is 9.13 Å². The van der Waals surface area contributed by atoms with Crippen LogP contribution in [0.2, 0.25) is 0 Å². The van der Waals surface area contributed by atoms with Gasteiger partial charge in [0.15, 0.2) is 0 Å². The van der Waals surface area contributed by atoms with Crippen LogP contribution in [-0.2, 0) is 0 Å². The summed E-state index contributed by atoms with van der Waals surface area (Å²) in [6, 6.07) is 7.73. The maximum absolute atomic E-state index is 12.1. The van der Waals surface area contributed by atoms with Gasteiger partial charge in [-0.2, -0.15) is 0 Å². The molecule has 0 aliphatic rings. The second-order valence-electron chi connectivity index (χ2n) is 4.28. The molecule has 4 heteroatoms. The Labute approximate surface area is 104 Å². The van der Waals surface area contributed by atoms with Gasteiger partial charge in [0.1, 0.15) is 19.0 Å². The molecule has 0 radical (unpaired) electrons. The molecule has 2 heterocycles. The second-order valence-corrected chi connectivity index (χ2v) is 4.28. The van der Waals surface area contributed by atoms with E-state index in [0.29, 0.717) is 5.75 Å². The van der Waals surface area contributed by atoms with E-state index in [4.69, 9.17) is 4.74 Å². The van der Waals surface area contributed by atoms with E-state index in [1.165, 1.54) is 0 Å². The average Bonchev–Trinajstić information content (AvgIpc) is 2.72. The normalized spacial score (nSPS) is 11.2. The number of pyridine rings is 1. The lowest BCUT2D eigenvalue weighted by Crippen LogP contribution is -1.98. The zero-order chi connectivity index (χ0) is 12.5. The summed E-state index contributed by atoms with van der Waals surface area (Å²) in [6.07, 6.45) is 1.85. The number of H-pyrrole nitrogens is 1. The highest BCUT2D eigenvalue weighted by Crippen LogP contribution is 2.27. The van der Waals surface area contributed by atoms with Crippen molar-refractivity contribution in [2.24, 2.45) is 0 Å². The fraction of sp³-hybridized carbons (Fsp3) is 0.214. The van der Waals surface area contributed by atoms with Gasteiger partial charge in [0.05, 0.1) is 16.6 Å². The lowest BCUT2D eigenvalue weighted by Gasteiger charge is -2.02. The van der Waals surface area contributed by atoms with Gasteiger partial charge < -0.3 is 9.72 Å². The van der Waals surface area contributed by atoms with Gasteiger partial charge in [0.25, 0.3) is 0 Å². The third-order valence-electron chi connectivity index (χ3n) is 2.89. The predicted octanol–water partition coefficient (Wildman–Crippen LogP) is 3.37. The number of hydrogen-bond donors (Lipinski definition) is 1. The van der Waals surface area contributed by atoms with Gasteiger partial charge in [0, 0.05) is 17.6 Å². The van der Waals surface area contributed by atoms with Gasteiger partial charge in [-0.25, -0.2) is 4.39 Å². The van der Waals surface area contributed by atoms with Crippen molar-refractivity contribution in [3.8, 4) is 5.75 Å². The Morgan fingerprint density at radius 3 is 3.00 bits per heavy atom. The smallest absolute Gasteiger partial charge is 0.123 e. The molecule has 0 aliphatic heterocycles. The largest absolute Gasteiger partial charge is 0.491 e. The number of aromatic amines is 1. The van der Waals surface area contributed by atoms with Crippen LogP contribution in [0.4, 0.5) is 4.39 Å². The first-order valence-corrected chi connectivity index (χ1v) is 5.85. The van der Waals surface area contributed by atoms with E-state index in [0.717, 1.165) is 27.5 Å². The van der Waals surface area contributed by atoms with Crippen LogP contribution in [-0.4, -0.2) is 23.2 Å². The number of ether oxygens (including phenoxy) is 1. The third kappa shape index (κ3) is 1.79. The first kappa shape index (κ1) is 11.0. The fourth-order valence-corrected chi connectivity index (χ4v) is 2.10. The molecule has 3 aromatic rings. The zero-order valence-electron chi connectivity index (χ0n) is 10.0. The van der Waals surface area contributed by atoms with Crippen molar-refractivity contribution >= 4 is 21.9 Å². The zero-order valence-corrected chi connectivity index (χ0v) is 10.0.